The van der Waals surface area contributed by atoms with Gasteiger partial charge in [0.05, 0.1) is 10.6 Å². The lowest BCUT2D eigenvalue weighted by Gasteiger charge is -2.19. The van der Waals surface area contributed by atoms with Gasteiger partial charge >= 0.3 is 0 Å². The van der Waals surface area contributed by atoms with Crippen molar-refractivity contribution >= 4 is 38.3 Å². The summed E-state index contributed by atoms with van der Waals surface area (Å²) < 4.78 is 31.6. The average Bonchev–Trinajstić information content (AvgIpc) is 3.03. The van der Waals surface area contributed by atoms with Crippen LogP contribution in [0.1, 0.15) is 39.1 Å². The molecular weight excluding hydrogens is 499 g/mol. The summed E-state index contributed by atoms with van der Waals surface area (Å²) in [6.45, 7) is 8.29. The lowest BCUT2D eigenvalue weighted by atomic mass is 9.87. The maximum absolute atomic E-state index is 13.0. The molecule has 0 saturated carbocycles. The van der Waals surface area contributed by atoms with Gasteiger partial charge in [-0.1, -0.05) is 39.8 Å². The van der Waals surface area contributed by atoms with Crippen molar-refractivity contribution < 1.29 is 8.42 Å². The Hall–Kier alpha value is -1.94. The smallest absolute Gasteiger partial charge is 0.261 e. The predicted octanol–water partition coefficient (Wildman–Crippen LogP) is 4.75. The van der Waals surface area contributed by atoms with Crippen molar-refractivity contribution in [2.45, 2.75) is 44.4 Å². The number of aryl methyl sites for hydroxylation is 1. The Bertz CT molecular complexity index is 1130. The summed E-state index contributed by atoms with van der Waals surface area (Å²) >= 11 is 2.20. The van der Waals surface area contributed by atoms with Gasteiger partial charge in [0.15, 0.2) is 5.82 Å². The average molecular weight is 524 g/mol. The van der Waals surface area contributed by atoms with Crippen molar-refractivity contribution in [3.8, 4) is 11.4 Å². The molecule has 0 aliphatic rings. The SMILES string of the molecule is CCc1nnc(-c2cc(I)ccc2NS(=O)(=O)c2ccc(C(C)(C)C)cc2)n1C. The summed E-state index contributed by atoms with van der Waals surface area (Å²) in [5.41, 5.74) is 2.21. The van der Waals surface area contributed by atoms with E-state index in [2.05, 4.69) is 58.3 Å². The van der Waals surface area contributed by atoms with Crippen LogP contribution in [0.15, 0.2) is 47.4 Å². The number of rotatable bonds is 5. The standard InChI is InChI=1S/C21H25IN4O2S/c1-6-19-23-24-20(26(19)5)17-13-15(22)9-12-18(17)25-29(27,28)16-10-7-14(8-11-16)21(2,3)4/h7-13,25H,6H2,1-5H3. The maximum atomic E-state index is 13.0. The van der Waals surface area contributed by atoms with E-state index in [1.807, 2.05) is 42.8 Å². The zero-order valence-electron chi connectivity index (χ0n) is 17.2. The van der Waals surface area contributed by atoms with Crippen LogP contribution >= 0.6 is 22.6 Å². The minimum atomic E-state index is -3.74. The van der Waals surface area contributed by atoms with Gasteiger partial charge in [-0.25, -0.2) is 8.42 Å². The van der Waals surface area contributed by atoms with Gasteiger partial charge in [0.1, 0.15) is 5.82 Å². The summed E-state index contributed by atoms with van der Waals surface area (Å²) in [5.74, 6) is 1.46. The summed E-state index contributed by atoms with van der Waals surface area (Å²) in [7, 11) is -1.85. The number of aromatic nitrogens is 3. The van der Waals surface area contributed by atoms with E-state index in [1.165, 1.54) is 0 Å². The number of nitrogens with one attached hydrogen (secondary N) is 1. The monoisotopic (exact) mass is 524 g/mol. The molecule has 3 rings (SSSR count). The second kappa shape index (κ2) is 8.06. The van der Waals surface area contributed by atoms with Gasteiger partial charge in [-0.15, -0.1) is 10.2 Å². The highest BCUT2D eigenvalue weighted by molar-refractivity contribution is 14.1. The lowest BCUT2D eigenvalue weighted by molar-refractivity contribution is 0.587. The molecule has 0 amide bonds. The van der Waals surface area contributed by atoms with Gasteiger partial charge in [0, 0.05) is 22.6 Å². The molecule has 0 saturated heterocycles. The Balaban J connectivity index is 2.00. The molecule has 1 N–H and O–H groups in total. The molecule has 2 aromatic carbocycles. The van der Waals surface area contributed by atoms with E-state index in [-0.39, 0.29) is 10.3 Å². The third kappa shape index (κ3) is 4.63. The Morgan fingerprint density at radius 3 is 2.28 bits per heavy atom. The highest BCUT2D eigenvalue weighted by Crippen LogP contribution is 2.31. The van der Waals surface area contributed by atoms with Gasteiger partial charge in [-0.05, 0) is 63.9 Å². The van der Waals surface area contributed by atoms with Crippen LogP contribution in [-0.4, -0.2) is 23.2 Å². The molecular formula is C21H25IN4O2S. The summed E-state index contributed by atoms with van der Waals surface area (Å²) in [6, 6.07) is 12.5. The van der Waals surface area contributed by atoms with Gasteiger partial charge in [0.2, 0.25) is 0 Å². The minimum Gasteiger partial charge on any atom is -0.314 e. The Kier molecular flexibility index (Phi) is 6.05. The molecule has 0 bridgehead atoms. The first-order valence-electron chi connectivity index (χ1n) is 9.34. The molecule has 0 spiro atoms. The number of anilines is 1. The summed E-state index contributed by atoms with van der Waals surface area (Å²) in [6.07, 6.45) is 0.745. The molecule has 3 aromatic rings. The zero-order valence-corrected chi connectivity index (χ0v) is 20.2. The molecule has 0 aliphatic carbocycles. The molecule has 0 atom stereocenters. The van der Waals surface area contributed by atoms with Crippen LogP contribution in [0, 0.1) is 3.57 Å². The fourth-order valence-electron chi connectivity index (χ4n) is 3.03. The Morgan fingerprint density at radius 1 is 1.07 bits per heavy atom. The van der Waals surface area contributed by atoms with Crippen molar-refractivity contribution in [3.05, 3.63) is 57.4 Å². The van der Waals surface area contributed by atoms with Crippen molar-refractivity contribution in [3.63, 3.8) is 0 Å². The van der Waals surface area contributed by atoms with Gasteiger partial charge in [0.25, 0.3) is 10.0 Å². The number of hydrogen-bond acceptors (Lipinski definition) is 4. The topological polar surface area (TPSA) is 76.9 Å². The van der Waals surface area contributed by atoms with Crippen LogP contribution in [0.3, 0.4) is 0 Å². The highest BCUT2D eigenvalue weighted by Gasteiger charge is 2.21. The summed E-state index contributed by atoms with van der Waals surface area (Å²) in [4.78, 5) is 0.224. The third-order valence-corrected chi connectivity index (χ3v) is 6.83. The molecule has 0 radical (unpaired) electrons. The van der Waals surface area contributed by atoms with Crippen LogP contribution in [0.4, 0.5) is 5.69 Å². The first kappa shape index (κ1) is 21.8. The van der Waals surface area contributed by atoms with E-state index in [1.54, 1.807) is 18.2 Å². The first-order valence-corrected chi connectivity index (χ1v) is 11.9. The molecule has 0 unspecified atom stereocenters. The van der Waals surface area contributed by atoms with E-state index < -0.39 is 10.0 Å². The van der Waals surface area contributed by atoms with E-state index in [0.717, 1.165) is 21.4 Å². The quantitative estimate of drug-likeness (QED) is 0.489. The van der Waals surface area contributed by atoms with Gasteiger partial charge < -0.3 is 4.57 Å². The normalized spacial score (nSPS) is 12.2. The Labute approximate surface area is 185 Å². The second-order valence-corrected chi connectivity index (χ2v) is 10.9. The first-order chi connectivity index (χ1) is 13.5. The summed E-state index contributed by atoms with van der Waals surface area (Å²) in [5, 5.41) is 8.48. The van der Waals surface area contributed by atoms with Crippen molar-refractivity contribution in [2.75, 3.05) is 4.72 Å². The minimum absolute atomic E-state index is 0.0405. The number of sulfonamides is 1. The number of nitrogens with zero attached hydrogens (tertiary/aromatic N) is 3. The predicted molar refractivity (Wildman–Crippen MR) is 124 cm³/mol. The second-order valence-electron chi connectivity index (χ2n) is 7.92. The lowest BCUT2D eigenvalue weighted by Crippen LogP contribution is -2.15. The molecule has 8 heteroatoms. The van der Waals surface area contributed by atoms with E-state index in [9.17, 15) is 8.42 Å². The van der Waals surface area contributed by atoms with E-state index >= 15 is 0 Å². The number of hydrogen-bond donors (Lipinski definition) is 1. The highest BCUT2D eigenvalue weighted by atomic mass is 127. The molecule has 29 heavy (non-hydrogen) atoms. The molecule has 0 fully saturated rings. The number of halogens is 1. The molecule has 154 valence electrons. The van der Waals surface area contributed by atoms with Crippen LogP contribution in [0.25, 0.3) is 11.4 Å². The maximum Gasteiger partial charge on any atom is 0.261 e. The molecule has 0 aliphatic heterocycles. The van der Waals surface area contributed by atoms with Crippen molar-refractivity contribution in [1.29, 1.82) is 0 Å². The van der Waals surface area contributed by atoms with Crippen LogP contribution in [0.5, 0.6) is 0 Å². The van der Waals surface area contributed by atoms with Gasteiger partial charge in [-0.3, -0.25) is 4.72 Å². The van der Waals surface area contributed by atoms with E-state index in [0.29, 0.717) is 17.1 Å². The van der Waals surface area contributed by atoms with Crippen molar-refractivity contribution in [2.24, 2.45) is 7.05 Å². The molecule has 1 aromatic heterocycles. The van der Waals surface area contributed by atoms with Crippen molar-refractivity contribution in [1.82, 2.24) is 14.8 Å². The third-order valence-electron chi connectivity index (χ3n) is 4.78. The number of benzene rings is 2. The molecule has 1 heterocycles. The Morgan fingerprint density at radius 2 is 1.72 bits per heavy atom. The van der Waals surface area contributed by atoms with E-state index in [4.69, 9.17) is 0 Å². The molecule has 6 nitrogen and oxygen atoms in total. The fraction of sp³-hybridized carbons (Fsp3) is 0.333. The van der Waals surface area contributed by atoms with Crippen LogP contribution < -0.4 is 4.72 Å². The largest absolute Gasteiger partial charge is 0.314 e. The zero-order chi connectivity index (χ0) is 21.4. The fourth-order valence-corrected chi connectivity index (χ4v) is 4.60. The van der Waals surface area contributed by atoms with Crippen LogP contribution in [-0.2, 0) is 28.9 Å². The van der Waals surface area contributed by atoms with Gasteiger partial charge in [-0.2, -0.15) is 0 Å². The van der Waals surface area contributed by atoms with Crippen LogP contribution in [0.2, 0.25) is 0 Å².